The van der Waals surface area contributed by atoms with Crippen LogP contribution in [0.3, 0.4) is 0 Å². The van der Waals surface area contributed by atoms with Gasteiger partial charge in [0.05, 0.1) is 16.7 Å². The van der Waals surface area contributed by atoms with Crippen LogP contribution in [0.25, 0.3) is 0 Å². The van der Waals surface area contributed by atoms with Gasteiger partial charge in [0.25, 0.3) is 0 Å². The van der Waals surface area contributed by atoms with E-state index in [-0.39, 0.29) is 18.4 Å². The van der Waals surface area contributed by atoms with E-state index in [1.807, 2.05) is 12.1 Å². The Labute approximate surface area is 133 Å². The zero-order valence-corrected chi connectivity index (χ0v) is 13.0. The minimum Gasteiger partial charge on any atom is -0.463 e. The van der Waals surface area contributed by atoms with Gasteiger partial charge in [-0.15, -0.1) is 0 Å². The van der Waals surface area contributed by atoms with Crippen molar-refractivity contribution in [3.05, 3.63) is 57.9 Å². The lowest BCUT2D eigenvalue weighted by Crippen LogP contribution is -1.98. The standard InChI is InChI=1S/C16H15Cl2FO2/c1-2-21-16(20)6-4-12(19)7-11-8-13(11)10-3-5-14(17)15(18)9-10/h3-7,9,11,13H,2,8H2,1H3/b6-4+,12-7+/t11-,13+/m1/s1. The maximum atomic E-state index is 13.6. The van der Waals surface area contributed by atoms with E-state index in [0.717, 1.165) is 24.1 Å². The molecule has 1 aliphatic rings. The molecule has 0 bridgehead atoms. The summed E-state index contributed by atoms with van der Waals surface area (Å²) in [5.74, 6) is -0.607. The summed E-state index contributed by atoms with van der Waals surface area (Å²) in [5.41, 5.74) is 1.05. The van der Waals surface area contributed by atoms with Crippen molar-refractivity contribution in [3.63, 3.8) is 0 Å². The molecule has 0 heterocycles. The average molecular weight is 329 g/mol. The molecule has 0 aromatic heterocycles. The highest BCUT2D eigenvalue weighted by Gasteiger charge is 2.37. The van der Waals surface area contributed by atoms with Crippen molar-refractivity contribution in [2.45, 2.75) is 19.3 Å². The molecule has 112 valence electrons. The highest BCUT2D eigenvalue weighted by atomic mass is 35.5. The SMILES string of the molecule is CCOC(=O)/C=C/C(F)=C\[C@@H]1C[C@H]1c1ccc(Cl)c(Cl)c1. The zero-order valence-electron chi connectivity index (χ0n) is 11.5. The van der Waals surface area contributed by atoms with Crippen molar-refractivity contribution < 1.29 is 13.9 Å². The molecule has 1 aromatic carbocycles. The summed E-state index contributed by atoms with van der Waals surface area (Å²) in [4.78, 5) is 11.1. The van der Waals surface area contributed by atoms with E-state index in [0.29, 0.717) is 10.0 Å². The summed E-state index contributed by atoms with van der Waals surface area (Å²) in [6.45, 7) is 1.97. The lowest BCUT2D eigenvalue weighted by molar-refractivity contribution is -0.137. The van der Waals surface area contributed by atoms with E-state index in [4.69, 9.17) is 23.2 Å². The van der Waals surface area contributed by atoms with Crippen molar-refractivity contribution in [2.24, 2.45) is 5.92 Å². The minimum atomic E-state index is -0.544. The van der Waals surface area contributed by atoms with E-state index in [1.54, 1.807) is 13.0 Å². The first-order chi connectivity index (χ1) is 10.0. The van der Waals surface area contributed by atoms with Crippen molar-refractivity contribution in [3.8, 4) is 0 Å². The molecule has 0 radical (unpaired) electrons. The maximum Gasteiger partial charge on any atom is 0.330 e. The first kappa shape index (κ1) is 16.1. The van der Waals surface area contributed by atoms with Crippen molar-refractivity contribution in [2.75, 3.05) is 6.61 Å². The summed E-state index contributed by atoms with van der Waals surface area (Å²) in [6.07, 6.45) is 4.59. The topological polar surface area (TPSA) is 26.3 Å². The molecule has 0 aliphatic heterocycles. The first-order valence-corrected chi connectivity index (χ1v) is 7.44. The summed E-state index contributed by atoms with van der Waals surface area (Å²) >= 11 is 11.8. The third-order valence-electron chi connectivity index (χ3n) is 3.25. The van der Waals surface area contributed by atoms with Gasteiger partial charge in [-0.2, -0.15) is 0 Å². The number of hydrogen-bond acceptors (Lipinski definition) is 2. The fraction of sp³-hybridized carbons (Fsp3) is 0.312. The molecule has 1 fully saturated rings. The number of carbonyl (C=O) groups excluding carboxylic acids is 1. The van der Waals surface area contributed by atoms with Crippen LogP contribution in [-0.4, -0.2) is 12.6 Å². The number of carbonyl (C=O) groups is 1. The van der Waals surface area contributed by atoms with Gasteiger partial charge in [-0.05, 0) is 55.0 Å². The second kappa shape index (κ2) is 7.10. The largest absolute Gasteiger partial charge is 0.463 e. The van der Waals surface area contributed by atoms with Gasteiger partial charge in [0.2, 0.25) is 0 Å². The lowest BCUT2D eigenvalue weighted by Gasteiger charge is -2.01. The molecule has 21 heavy (non-hydrogen) atoms. The van der Waals surface area contributed by atoms with Gasteiger partial charge in [0, 0.05) is 6.08 Å². The fourth-order valence-electron chi connectivity index (χ4n) is 2.12. The molecule has 0 amide bonds. The second-order valence-corrected chi connectivity index (χ2v) is 5.63. The molecule has 5 heteroatoms. The van der Waals surface area contributed by atoms with Gasteiger partial charge in [0.1, 0.15) is 5.83 Å². The van der Waals surface area contributed by atoms with Crippen molar-refractivity contribution in [1.29, 1.82) is 0 Å². The van der Waals surface area contributed by atoms with Crippen LogP contribution in [0.2, 0.25) is 10.0 Å². The van der Waals surface area contributed by atoms with Gasteiger partial charge in [-0.25, -0.2) is 9.18 Å². The van der Waals surface area contributed by atoms with Crippen LogP contribution in [0.1, 0.15) is 24.8 Å². The Kier molecular flexibility index (Phi) is 5.43. The summed E-state index contributed by atoms with van der Waals surface area (Å²) in [5, 5.41) is 1.02. The van der Waals surface area contributed by atoms with Crippen LogP contribution in [0.5, 0.6) is 0 Å². The Bertz CT molecular complexity index is 596. The Morgan fingerprint density at radius 1 is 1.38 bits per heavy atom. The predicted octanol–water partition coefficient (Wildman–Crippen LogP) is 5.07. The number of halogens is 3. The first-order valence-electron chi connectivity index (χ1n) is 6.68. The van der Waals surface area contributed by atoms with Crippen LogP contribution in [0, 0.1) is 5.92 Å². The molecule has 2 rings (SSSR count). The fourth-order valence-corrected chi connectivity index (χ4v) is 2.43. The van der Waals surface area contributed by atoms with E-state index in [2.05, 4.69) is 4.74 Å². The molecule has 0 N–H and O–H groups in total. The average Bonchev–Trinajstić information content (AvgIpc) is 3.19. The quantitative estimate of drug-likeness (QED) is 0.428. The molecule has 1 aromatic rings. The third kappa shape index (κ3) is 4.58. The molecule has 0 spiro atoms. The molecular weight excluding hydrogens is 314 g/mol. The number of hydrogen-bond donors (Lipinski definition) is 0. The van der Waals surface area contributed by atoms with E-state index in [1.165, 1.54) is 6.08 Å². The Hall–Kier alpha value is -1.32. The lowest BCUT2D eigenvalue weighted by atomic mass is 10.1. The zero-order chi connectivity index (χ0) is 15.4. The minimum absolute atomic E-state index is 0.120. The van der Waals surface area contributed by atoms with Gasteiger partial charge in [-0.3, -0.25) is 0 Å². The van der Waals surface area contributed by atoms with Gasteiger partial charge >= 0.3 is 5.97 Å². The van der Waals surface area contributed by atoms with Crippen LogP contribution in [0.15, 0.2) is 42.3 Å². The Morgan fingerprint density at radius 2 is 2.14 bits per heavy atom. The molecule has 1 aliphatic carbocycles. The van der Waals surface area contributed by atoms with Crippen LogP contribution in [0.4, 0.5) is 4.39 Å². The smallest absolute Gasteiger partial charge is 0.330 e. The predicted molar refractivity (Wildman–Crippen MR) is 82.3 cm³/mol. The maximum absolute atomic E-state index is 13.6. The van der Waals surface area contributed by atoms with Crippen LogP contribution < -0.4 is 0 Å². The number of allylic oxidation sites excluding steroid dienone is 3. The molecule has 1 saturated carbocycles. The monoisotopic (exact) mass is 328 g/mol. The molecule has 0 saturated heterocycles. The molecule has 2 atom stereocenters. The molecular formula is C16H15Cl2FO2. The summed E-state index contributed by atoms with van der Waals surface area (Å²) < 4.78 is 18.3. The third-order valence-corrected chi connectivity index (χ3v) is 3.99. The van der Waals surface area contributed by atoms with Gasteiger partial charge < -0.3 is 4.74 Å². The number of esters is 1. The van der Waals surface area contributed by atoms with Crippen LogP contribution in [-0.2, 0) is 9.53 Å². The second-order valence-electron chi connectivity index (χ2n) is 4.82. The van der Waals surface area contributed by atoms with Gasteiger partial charge in [0.15, 0.2) is 0 Å². The van der Waals surface area contributed by atoms with Crippen LogP contribution >= 0.6 is 23.2 Å². The van der Waals surface area contributed by atoms with Crippen molar-refractivity contribution >= 4 is 29.2 Å². The molecule has 2 nitrogen and oxygen atoms in total. The number of rotatable bonds is 5. The Morgan fingerprint density at radius 3 is 2.81 bits per heavy atom. The Balaban J connectivity index is 1.95. The van der Waals surface area contributed by atoms with Gasteiger partial charge in [-0.1, -0.05) is 29.3 Å². The highest BCUT2D eigenvalue weighted by molar-refractivity contribution is 6.42. The summed E-state index contributed by atoms with van der Waals surface area (Å²) in [6, 6.07) is 5.46. The number of ether oxygens (including phenoxy) is 1. The summed E-state index contributed by atoms with van der Waals surface area (Å²) in [7, 11) is 0. The van der Waals surface area contributed by atoms with E-state index >= 15 is 0 Å². The highest BCUT2D eigenvalue weighted by Crippen LogP contribution is 2.49. The van der Waals surface area contributed by atoms with Crippen molar-refractivity contribution in [1.82, 2.24) is 0 Å². The molecule has 0 unspecified atom stereocenters. The number of benzene rings is 1. The van der Waals surface area contributed by atoms with E-state index in [9.17, 15) is 9.18 Å². The van der Waals surface area contributed by atoms with E-state index < -0.39 is 11.8 Å². The normalized spacial score (nSPS) is 21.6.